The first-order chi connectivity index (χ1) is 14.3. The van der Waals surface area contributed by atoms with Crippen LogP contribution in [0.15, 0.2) is 76.0 Å². The predicted molar refractivity (Wildman–Crippen MR) is 118 cm³/mol. The highest BCUT2D eigenvalue weighted by molar-refractivity contribution is 7.93. The van der Waals surface area contributed by atoms with Gasteiger partial charge in [0.05, 0.1) is 27.1 Å². The van der Waals surface area contributed by atoms with Crippen LogP contribution in [0.5, 0.6) is 0 Å². The molecule has 5 nitrogen and oxygen atoms in total. The van der Waals surface area contributed by atoms with Crippen molar-refractivity contribution in [2.75, 3.05) is 17.3 Å². The number of halogens is 1. The maximum atomic E-state index is 13.2. The zero-order chi connectivity index (χ0) is 21.3. The van der Waals surface area contributed by atoms with Gasteiger partial charge in [0.15, 0.2) is 0 Å². The molecule has 0 spiro atoms. The summed E-state index contributed by atoms with van der Waals surface area (Å²) in [6.07, 6.45) is 3.61. The van der Waals surface area contributed by atoms with Crippen molar-refractivity contribution in [3.63, 3.8) is 0 Å². The van der Waals surface area contributed by atoms with Gasteiger partial charge in [-0.3, -0.25) is 4.79 Å². The molecule has 30 heavy (non-hydrogen) atoms. The van der Waals surface area contributed by atoms with Crippen molar-refractivity contribution >= 4 is 27.0 Å². The molecular weight excluding hydrogens is 401 g/mol. The molecule has 0 radical (unpaired) electrons. The molecule has 0 saturated heterocycles. The number of hydrogen-bond acceptors (Lipinski definition) is 4. The van der Waals surface area contributed by atoms with Crippen molar-refractivity contribution < 1.29 is 13.4 Å². The first-order valence-electron chi connectivity index (χ1n) is 9.60. The number of amides is 1. The fourth-order valence-corrected chi connectivity index (χ4v) is 4.61. The molecule has 1 amide bonds. The van der Waals surface area contributed by atoms with Gasteiger partial charge in [-0.2, -0.15) is 0 Å². The molecule has 0 aromatic heterocycles. The van der Waals surface area contributed by atoms with Gasteiger partial charge in [-0.25, -0.2) is 13.0 Å². The van der Waals surface area contributed by atoms with E-state index in [4.69, 9.17) is 5.73 Å². The largest absolute Gasteiger partial charge is 0.397 e. The minimum atomic E-state index is -2.45. The molecular formula is C23H22FN3O2S. The zero-order valence-corrected chi connectivity index (χ0v) is 17.3. The first-order valence-corrected chi connectivity index (χ1v) is 11.5. The maximum absolute atomic E-state index is 13.2. The van der Waals surface area contributed by atoms with Crippen LogP contribution in [0.25, 0.3) is 11.1 Å². The average molecular weight is 424 g/mol. The summed E-state index contributed by atoms with van der Waals surface area (Å²) in [6.45, 7) is 0. The molecule has 3 aromatic carbocycles. The molecule has 0 aliphatic heterocycles. The number of nitrogens with zero attached hydrogens (tertiary/aromatic N) is 1. The number of nitrogens with two attached hydrogens (primary N) is 1. The smallest absolute Gasteiger partial charge is 0.255 e. The minimum absolute atomic E-state index is 0.196. The average Bonchev–Trinajstić information content (AvgIpc) is 3.54. The Balaban J connectivity index is 1.54. The maximum Gasteiger partial charge on any atom is 0.255 e. The second kappa shape index (κ2) is 7.91. The molecule has 1 aliphatic carbocycles. The molecule has 3 aromatic rings. The Bertz CT molecular complexity index is 1210. The normalized spacial score (nSPS) is 15.3. The third-order valence-corrected chi connectivity index (χ3v) is 6.78. The standard InChI is InChI=1S/C23H22FN3O2S/c1-30(29,27-19-9-10-19)20-11-4-16(5-12-20)23(28)26-22-14-17(6-13-21(22)25)15-2-7-18(24)8-3-15/h2-8,11-14,19H,9-10,25H2,1H3,(H,26,28). The highest BCUT2D eigenvalue weighted by Gasteiger charge is 2.23. The minimum Gasteiger partial charge on any atom is -0.397 e. The van der Waals surface area contributed by atoms with Gasteiger partial charge in [0.25, 0.3) is 5.91 Å². The van der Waals surface area contributed by atoms with E-state index in [0.717, 1.165) is 24.0 Å². The van der Waals surface area contributed by atoms with Crippen LogP contribution in [0.4, 0.5) is 15.8 Å². The lowest BCUT2D eigenvalue weighted by atomic mass is 10.0. The number of rotatable bonds is 5. The van der Waals surface area contributed by atoms with Crippen LogP contribution in [-0.4, -0.2) is 22.4 Å². The molecule has 1 fully saturated rings. The molecule has 3 N–H and O–H groups in total. The van der Waals surface area contributed by atoms with Gasteiger partial charge in [0.2, 0.25) is 0 Å². The summed E-state index contributed by atoms with van der Waals surface area (Å²) >= 11 is 0. The molecule has 1 atom stereocenters. The molecule has 7 heteroatoms. The Hall–Kier alpha value is -3.19. The van der Waals surface area contributed by atoms with E-state index in [2.05, 4.69) is 9.68 Å². The monoisotopic (exact) mass is 423 g/mol. The van der Waals surface area contributed by atoms with E-state index in [-0.39, 0.29) is 17.8 Å². The van der Waals surface area contributed by atoms with Gasteiger partial charge >= 0.3 is 0 Å². The lowest BCUT2D eigenvalue weighted by Gasteiger charge is -2.11. The van der Waals surface area contributed by atoms with E-state index < -0.39 is 9.73 Å². The van der Waals surface area contributed by atoms with Crippen LogP contribution >= 0.6 is 0 Å². The molecule has 1 aliphatic rings. The van der Waals surface area contributed by atoms with Gasteiger partial charge in [-0.1, -0.05) is 18.2 Å². The van der Waals surface area contributed by atoms with Crippen molar-refractivity contribution in [3.8, 4) is 11.1 Å². The van der Waals surface area contributed by atoms with E-state index >= 15 is 0 Å². The molecule has 1 unspecified atom stereocenters. The van der Waals surface area contributed by atoms with Crippen molar-refractivity contribution in [3.05, 3.63) is 78.1 Å². The van der Waals surface area contributed by atoms with Crippen molar-refractivity contribution in [1.82, 2.24) is 0 Å². The molecule has 0 bridgehead atoms. The fourth-order valence-electron chi connectivity index (χ4n) is 3.06. The van der Waals surface area contributed by atoms with Gasteiger partial charge < -0.3 is 11.1 Å². The summed E-state index contributed by atoms with van der Waals surface area (Å²) in [7, 11) is -2.45. The van der Waals surface area contributed by atoms with E-state index in [0.29, 0.717) is 21.8 Å². The molecule has 4 rings (SSSR count). The summed E-state index contributed by atoms with van der Waals surface area (Å²) in [4.78, 5) is 13.3. The van der Waals surface area contributed by atoms with Crippen LogP contribution in [0.3, 0.4) is 0 Å². The zero-order valence-electron chi connectivity index (χ0n) is 16.5. The summed E-state index contributed by atoms with van der Waals surface area (Å²) in [5.74, 6) is -0.640. The number of nitrogen functional groups attached to an aromatic ring is 1. The summed E-state index contributed by atoms with van der Waals surface area (Å²) in [6, 6.07) is 18.2. The second-order valence-electron chi connectivity index (χ2n) is 7.43. The second-order valence-corrected chi connectivity index (χ2v) is 9.71. The van der Waals surface area contributed by atoms with E-state index in [1.54, 1.807) is 54.8 Å². The van der Waals surface area contributed by atoms with Crippen LogP contribution in [0.2, 0.25) is 0 Å². The van der Waals surface area contributed by atoms with Crippen LogP contribution in [0.1, 0.15) is 23.2 Å². The van der Waals surface area contributed by atoms with Gasteiger partial charge in [0.1, 0.15) is 5.82 Å². The van der Waals surface area contributed by atoms with Gasteiger partial charge in [0, 0.05) is 16.7 Å². The van der Waals surface area contributed by atoms with E-state index in [1.807, 2.05) is 6.07 Å². The Morgan fingerprint density at radius 2 is 1.67 bits per heavy atom. The summed E-state index contributed by atoms with van der Waals surface area (Å²) in [5.41, 5.74) is 8.96. The van der Waals surface area contributed by atoms with E-state index in [1.165, 1.54) is 12.1 Å². The third-order valence-electron chi connectivity index (χ3n) is 4.93. The Morgan fingerprint density at radius 3 is 2.30 bits per heavy atom. The Kier molecular flexibility index (Phi) is 5.30. The SMILES string of the molecule is CS(=O)(=NC1CC1)c1ccc(C(=O)Nc2cc(-c3ccc(F)cc3)ccc2N)cc1. The number of benzene rings is 3. The lowest BCUT2D eigenvalue weighted by molar-refractivity contribution is 0.102. The Labute approximate surface area is 175 Å². The molecule has 154 valence electrons. The summed E-state index contributed by atoms with van der Waals surface area (Å²) < 4.78 is 30.3. The van der Waals surface area contributed by atoms with Crippen LogP contribution < -0.4 is 11.1 Å². The van der Waals surface area contributed by atoms with Gasteiger partial charge in [-0.05, 0) is 72.5 Å². The molecule has 0 heterocycles. The quantitative estimate of drug-likeness (QED) is 0.570. The highest BCUT2D eigenvalue weighted by atomic mass is 32.2. The van der Waals surface area contributed by atoms with Crippen molar-refractivity contribution in [1.29, 1.82) is 0 Å². The van der Waals surface area contributed by atoms with Crippen LogP contribution in [-0.2, 0) is 9.73 Å². The molecule has 1 saturated carbocycles. The highest BCUT2D eigenvalue weighted by Crippen LogP contribution is 2.29. The third kappa shape index (κ3) is 4.52. The van der Waals surface area contributed by atoms with Crippen molar-refractivity contribution in [2.24, 2.45) is 4.36 Å². The predicted octanol–water partition coefficient (Wildman–Crippen LogP) is 4.95. The van der Waals surface area contributed by atoms with E-state index in [9.17, 15) is 13.4 Å². The number of anilines is 2. The fraction of sp³-hybridized carbons (Fsp3) is 0.174. The van der Waals surface area contributed by atoms with Gasteiger partial charge in [-0.15, -0.1) is 0 Å². The first kappa shape index (κ1) is 20.1. The Morgan fingerprint density at radius 1 is 1.03 bits per heavy atom. The number of nitrogens with one attached hydrogen (secondary N) is 1. The number of hydrogen-bond donors (Lipinski definition) is 2. The summed E-state index contributed by atoms with van der Waals surface area (Å²) in [5, 5.41) is 2.82. The van der Waals surface area contributed by atoms with Crippen molar-refractivity contribution in [2.45, 2.75) is 23.8 Å². The lowest BCUT2D eigenvalue weighted by Crippen LogP contribution is -2.13. The van der Waals surface area contributed by atoms with Crippen LogP contribution in [0, 0.1) is 5.82 Å². The number of carbonyl (C=O) groups is 1. The number of carbonyl (C=O) groups excluding carboxylic acids is 1. The topological polar surface area (TPSA) is 84.5 Å².